The van der Waals surface area contributed by atoms with Gasteiger partial charge in [0.15, 0.2) is 0 Å². The summed E-state index contributed by atoms with van der Waals surface area (Å²) in [7, 11) is 0. The molecule has 0 radical (unpaired) electrons. The third-order valence-corrected chi connectivity index (χ3v) is 2.93. The smallest absolute Gasteiger partial charge is 0.404 e. The van der Waals surface area contributed by atoms with Crippen molar-refractivity contribution in [3.05, 3.63) is 47.8 Å². The highest BCUT2D eigenvalue weighted by atomic mass is 19.3. The molecule has 0 aromatic heterocycles. The molecule has 0 heterocycles. The monoisotopic (exact) mass is 296 g/mol. The van der Waals surface area contributed by atoms with Gasteiger partial charge < -0.3 is 4.74 Å². The predicted octanol–water partition coefficient (Wildman–Crippen LogP) is 3.36. The molecular weight excluding hydrogens is 285 g/mol. The second-order valence-electron chi connectivity index (χ2n) is 4.26. The molecule has 0 N–H and O–H groups in total. The van der Waals surface area contributed by atoms with Crippen molar-refractivity contribution >= 4 is 22.5 Å². The van der Waals surface area contributed by atoms with E-state index in [1.54, 1.807) is 0 Å². The lowest BCUT2D eigenvalue weighted by Gasteiger charge is -2.14. The van der Waals surface area contributed by atoms with Crippen LogP contribution >= 0.6 is 0 Å². The second-order valence-corrected chi connectivity index (χ2v) is 4.26. The maximum atomic E-state index is 13.8. The number of fused-ring (bicyclic) bond motifs is 1. The van der Waals surface area contributed by atoms with Crippen LogP contribution in [0.1, 0.15) is 17.3 Å². The van der Waals surface area contributed by atoms with Crippen molar-refractivity contribution in [1.29, 1.82) is 0 Å². The van der Waals surface area contributed by atoms with Gasteiger partial charge in [-0.05, 0) is 24.4 Å². The van der Waals surface area contributed by atoms with E-state index in [0.717, 1.165) is 12.1 Å². The van der Waals surface area contributed by atoms with Crippen molar-refractivity contribution in [2.75, 3.05) is 6.61 Å². The fraction of sp³-hybridized carbons (Fsp3) is 0.200. The number of benzene rings is 2. The molecule has 3 nitrogen and oxygen atoms in total. The summed E-state index contributed by atoms with van der Waals surface area (Å²) in [6.07, 6.45) is 0. The quantitative estimate of drug-likeness (QED) is 0.493. The molecule has 110 valence electrons. The van der Waals surface area contributed by atoms with E-state index in [0.29, 0.717) is 0 Å². The Morgan fingerprint density at radius 2 is 1.71 bits per heavy atom. The molecule has 0 saturated heterocycles. The van der Waals surface area contributed by atoms with Crippen LogP contribution in [0.15, 0.2) is 36.4 Å². The molecule has 6 heteroatoms. The zero-order valence-electron chi connectivity index (χ0n) is 11.0. The van der Waals surface area contributed by atoms with Gasteiger partial charge >= 0.3 is 11.9 Å². The highest BCUT2D eigenvalue weighted by molar-refractivity contribution is 6.19. The van der Waals surface area contributed by atoms with E-state index >= 15 is 0 Å². The number of carbonyl (C=O) groups is 2. The van der Waals surface area contributed by atoms with Gasteiger partial charge in [-0.3, -0.25) is 4.79 Å². The Labute approximate surface area is 118 Å². The normalized spacial score (nSPS) is 11.4. The zero-order valence-corrected chi connectivity index (χ0v) is 11.0. The average molecular weight is 296 g/mol. The van der Waals surface area contributed by atoms with Gasteiger partial charge in [0.2, 0.25) is 5.78 Å². The van der Waals surface area contributed by atoms with E-state index in [1.807, 2.05) is 0 Å². The maximum Gasteiger partial charge on any atom is 0.404 e. The average Bonchev–Trinajstić information content (AvgIpc) is 2.47. The summed E-state index contributed by atoms with van der Waals surface area (Å²) < 4.78 is 45.4. The summed E-state index contributed by atoms with van der Waals surface area (Å²) in [5, 5.41) is 0.0504. The molecule has 21 heavy (non-hydrogen) atoms. The topological polar surface area (TPSA) is 43.4 Å². The third-order valence-electron chi connectivity index (χ3n) is 2.93. The summed E-state index contributed by atoms with van der Waals surface area (Å²) in [4.78, 5) is 23.2. The minimum Gasteiger partial charge on any atom is -0.461 e. The lowest BCUT2D eigenvalue weighted by Crippen LogP contribution is -2.39. The first-order chi connectivity index (χ1) is 9.89. The summed E-state index contributed by atoms with van der Waals surface area (Å²) in [5.74, 6) is -8.57. The Kier molecular flexibility index (Phi) is 3.97. The summed E-state index contributed by atoms with van der Waals surface area (Å²) in [5.41, 5.74) is -0.426. The Morgan fingerprint density at radius 1 is 1.10 bits per heavy atom. The Hall–Kier alpha value is -2.37. The van der Waals surface area contributed by atoms with E-state index in [1.165, 1.54) is 31.2 Å². The molecule has 2 rings (SSSR count). The van der Waals surface area contributed by atoms with E-state index in [4.69, 9.17) is 0 Å². The number of hydrogen-bond acceptors (Lipinski definition) is 3. The molecule has 0 fully saturated rings. The van der Waals surface area contributed by atoms with E-state index < -0.39 is 29.1 Å². The van der Waals surface area contributed by atoms with Crippen LogP contribution in [-0.4, -0.2) is 24.3 Å². The maximum absolute atomic E-state index is 13.8. The van der Waals surface area contributed by atoms with E-state index in [2.05, 4.69) is 4.74 Å². The molecule has 0 bridgehead atoms. The molecular formula is C15H11F3O3. The van der Waals surface area contributed by atoms with Crippen molar-refractivity contribution in [2.45, 2.75) is 12.8 Å². The number of esters is 1. The van der Waals surface area contributed by atoms with Gasteiger partial charge in [0.1, 0.15) is 5.82 Å². The third kappa shape index (κ3) is 2.61. The van der Waals surface area contributed by atoms with Crippen molar-refractivity contribution in [2.24, 2.45) is 0 Å². The molecule has 2 aromatic carbocycles. The fourth-order valence-corrected chi connectivity index (χ4v) is 1.94. The molecule has 0 aliphatic rings. The van der Waals surface area contributed by atoms with Crippen LogP contribution in [0.2, 0.25) is 0 Å². The SMILES string of the molecule is CCOC(=O)C(F)(F)C(=O)c1ccc(F)c2ccccc12. The van der Waals surface area contributed by atoms with Crippen LogP contribution in [0, 0.1) is 5.82 Å². The molecule has 0 atom stereocenters. The number of carbonyl (C=O) groups excluding carboxylic acids is 2. The molecule has 0 aliphatic heterocycles. The van der Waals surface area contributed by atoms with Crippen molar-refractivity contribution in [3.63, 3.8) is 0 Å². The lowest BCUT2D eigenvalue weighted by atomic mass is 9.98. The van der Waals surface area contributed by atoms with E-state index in [-0.39, 0.29) is 17.4 Å². The van der Waals surface area contributed by atoms with Gasteiger partial charge in [0, 0.05) is 10.9 Å². The number of alkyl halides is 2. The first-order valence-corrected chi connectivity index (χ1v) is 6.16. The summed E-state index contributed by atoms with van der Waals surface area (Å²) in [6, 6.07) is 7.56. The molecule has 0 spiro atoms. The highest BCUT2D eigenvalue weighted by Crippen LogP contribution is 2.28. The number of rotatable bonds is 4. The van der Waals surface area contributed by atoms with Gasteiger partial charge in [-0.1, -0.05) is 24.3 Å². The van der Waals surface area contributed by atoms with E-state index in [9.17, 15) is 22.8 Å². The fourth-order valence-electron chi connectivity index (χ4n) is 1.94. The summed E-state index contributed by atoms with van der Waals surface area (Å²) in [6.45, 7) is 1.08. The van der Waals surface area contributed by atoms with Crippen molar-refractivity contribution < 1.29 is 27.5 Å². The van der Waals surface area contributed by atoms with Crippen molar-refractivity contribution in [1.82, 2.24) is 0 Å². The van der Waals surface area contributed by atoms with Gasteiger partial charge in [-0.25, -0.2) is 9.18 Å². The van der Waals surface area contributed by atoms with Crippen LogP contribution in [0.5, 0.6) is 0 Å². The van der Waals surface area contributed by atoms with Gasteiger partial charge in [-0.2, -0.15) is 8.78 Å². The molecule has 0 aliphatic carbocycles. The predicted molar refractivity (Wildman–Crippen MR) is 69.8 cm³/mol. The largest absolute Gasteiger partial charge is 0.461 e. The van der Waals surface area contributed by atoms with Crippen LogP contribution < -0.4 is 0 Å². The Balaban J connectivity index is 2.54. The molecule has 0 amide bonds. The first-order valence-electron chi connectivity index (χ1n) is 6.16. The van der Waals surface area contributed by atoms with Crippen LogP contribution in [0.25, 0.3) is 10.8 Å². The van der Waals surface area contributed by atoms with Crippen molar-refractivity contribution in [3.8, 4) is 0 Å². The highest BCUT2D eigenvalue weighted by Gasteiger charge is 2.49. The van der Waals surface area contributed by atoms with Crippen LogP contribution in [-0.2, 0) is 9.53 Å². The number of Topliss-reactive ketones (excluding diaryl/α,β-unsaturated/α-hetero) is 1. The van der Waals surface area contributed by atoms with Crippen LogP contribution in [0.3, 0.4) is 0 Å². The second kappa shape index (κ2) is 5.55. The van der Waals surface area contributed by atoms with Crippen LogP contribution in [0.4, 0.5) is 13.2 Å². The Morgan fingerprint density at radius 3 is 2.33 bits per heavy atom. The Bertz CT molecular complexity index is 710. The number of ether oxygens (including phenoxy) is 1. The minimum atomic E-state index is -4.31. The molecule has 2 aromatic rings. The number of ketones is 1. The zero-order chi connectivity index (χ0) is 15.6. The minimum absolute atomic E-state index is 0.0199. The first kappa shape index (κ1) is 15.0. The summed E-state index contributed by atoms with van der Waals surface area (Å²) >= 11 is 0. The number of hydrogen-bond donors (Lipinski definition) is 0. The standard InChI is InChI=1S/C15H11F3O3/c1-2-21-14(20)15(17,18)13(19)11-7-8-12(16)10-6-4-3-5-9(10)11/h3-8H,2H2,1H3. The number of halogens is 3. The van der Waals surface area contributed by atoms with Gasteiger partial charge in [0.25, 0.3) is 0 Å². The van der Waals surface area contributed by atoms with Gasteiger partial charge in [-0.15, -0.1) is 0 Å². The molecule has 0 unspecified atom stereocenters. The molecule has 0 saturated carbocycles. The van der Waals surface area contributed by atoms with Gasteiger partial charge in [0.05, 0.1) is 6.61 Å². The lowest BCUT2D eigenvalue weighted by molar-refractivity contribution is -0.164.